The summed E-state index contributed by atoms with van der Waals surface area (Å²) in [7, 11) is -11.6. The summed E-state index contributed by atoms with van der Waals surface area (Å²) >= 11 is 0. The Morgan fingerprint density at radius 2 is 0.348 bits per heavy atom. The Hall–Kier alpha value is 4.63. The molecule has 0 aromatic heterocycles. The molecule has 0 unspecified atom stereocenters. The van der Waals surface area contributed by atoms with E-state index in [1.165, 1.54) is 0 Å². The van der Waals surface area contributed by atoms with E-state index in [0.29, 0.717) is 0 Å². The van der Waals surface area contributed by atoms with Gasteiger partial charge >= 0.3 is 183 Å². The molecule has 23 heteroatoms. The predicted molar refractivity (Wildman–Crippen MR) is 55.4 cm³/mol. The van der Waals surface area contributed by atoms with Crippen molar-refractivity contribution in [3.05, 3.63) is 0 Å². The molecule has 0 heterocycles. The van der Waals surface area contributed by atoms with Crippen LogP contribution in [0.25, 0.3) is 0 Å². The number of hydrogen-bond donors (Lipinski definition) is 12. The quantitative estimate of drug-likeness (QED) is 0.161. The van der Waals surface area contributed by atoms with Crippen molar-refractivity contribution >= 4 is 36.6 Å². The van der Waals surface area contributed by atoms with Crippen molar-refractivity contribution in [1.82, 2.24) is 0 Å². The molecule has 0 rings (SSSR count). The second-order valence-corrected chi connectivity index (χ2v) is 1.67. The SMILES string of the molecule is OB(O)O.OB(O)O.OB(O)O.OB(O)O.[K+].[K+].[K+].[O-]B([O-])[O-]. The summed E-state index contributed by atoms with van der Waals surface area (Å²) in [4.78, 5) is 0. The average Bonchev–Trinajstić information content (AvgIpc) is 1.94. The Balaban J connectivity index is -0.0000000197. The van der Waals surface area contributed by atoms with Gasteiger partial charge in [0.1, 0.15) is 0 Å². The van der Waals surface area contributed by atoms with Gasteiger partial charge in [-0.25, -0.2) is 0 Å². The number of rotatable bonds is 0. The molecule has 0 radical (unpaired) electrons. The van der Waals surface area contributed by atoms with Crippen LogP contribution < -0.4 is 169 Å². The van der Waals surface area contributed by atoms with Gasteiger partial charge in [-0.3, -0.25) is 7.32 Å². The molecule has 0 spiro atoms. The van der Waals surface area contributed by atoms with Gasteiger partial charge in [-0.2, -0.15) is 0 Å². The molecular formula is H12B5K3O15. The largest absolute Gasteiger partial charge is 1.00 e. The zero-order valence-corrected chi connectivity index (χ0v) is 21.8. The van der Waals surface area contributed by atoms with Gasteiger partial charge in [0, 0.05) is 0 Å². The molecule has 0 fully saturated rings. The Morgan fingerprint density at radius 3 is 0.348 bits per heavy atom. The first kappa shape index (κ1) is 50.9. The summed E-state index contributed by atoms with van der Waals surface area (Å²) in [5.74, 6) is 0. The Morgan fingerprint density at radius 1 is 0.348 bits per heavy atom. The summed E-state index contributed by atoms with van der Waals surface area (Å²) in [5, 5.41) is 111. The van der Waals surface area contributed by atoms with Gasteiger partial charge in [-0.1, -0.05) is 0 Å². The second-order valence-electron chi connectivity index (χ2n) is 1.67. The summed E-state index contributed by atoms with van der Waals surface area (Å²) in [6, 6.07) is 0. The van der Waals surface area contributed by atoms with Crippen LogP contribution in [0.15, 0.2) is 0 Å². The maximum absolute atomic E-state index is 8.42. The fourth-order valence-corrected chi connectivity index (χ4v) is 0. The maximum atomic E-state index is 8.42. The Kier molecular flexibility index (Phi) is 100. The predicted octanol–water partition coefficient (Wildman–Crippen LogP) is -21.1. The van der Waals surface area contributed by atoms with E-state index in [9.17, 15) is 0 Å². The van der Waals surface area contributed by atoms with Crippen LogP contribution in [0, 0.1) is 0 Å². The van der Waals surface area contributed by atoms with Crippen LogP contribution in [-0.2, 0) is 0 Å². The van der Waals surface area contributed by atoms with Crippen LogP contribution in [0.3, 0.4) is 0 Å². The minimum atomic E-state index is -2.92. The smallest absolute Gasteiger partial charge is 0.907 e. The van der Waals surface area contributed by atoms with Gasteiger partial charge in [-0.05, 0) is 0 Å². The first-order chi connectivity index (χ1) is 8.66. The monoisotopic (exact) mass is 424 g/mol. The molecule has 0 aliphatic carbocycles. The van der Waals surface area contributed by atoms with Crippen LogP contribution >= 0.6 is 0 Å². The van der Waals surface area contributed by atoms with E-state index in [1.807, 2.05) is 0 Å². The molecule has 0 aliphatic heterocycles. The molecule has 15 nitrogen and oxygen atoms in total. The van der Waals surface area contributed by atoms with E-state index < -0.39 is 36.6 Å². The normalized spacial score (nSPS) is 5.87. The molecule has 0 amide bonds. The summed E-state index contributed by atoms with van der Waals surface area (Å²) in [6.07, 6.45) is 0. The van der Waals surface area contributed by atoms with Crippen molar-refractivity contribution in [3.8, 4) is 0 Å². The summed E-state index contributed by atoms with van der Waals surface area (Å²) < 4.78 is 0. The number of hydrogen-bond acceptors (Lipinski definition) is 15. The van der Waals surface area contributed by atoms with E-state index in [2.05, 4.69) is 0 Å². The first-order valence-electron chi connectivity index (χ1n) is 3.81. The van der Waals surface area contributed by atoms with Gasteiger partial charge in [0.05, 0.1) is 0 Å². The van der Waals surface area contributed by atoms with Gasteiger partial charge in [0.15, 0.2) is 0 Å². The van der Waals surface area contributed by atoms with Crippen LogP contribution in [0.1, 0.15) is 0 Å². The van der Waals surface area contributed by atoms with E-state index >= 15 is 0 Å². The van der Waals surface area contributed by atoms with Gasteiger partial charge in [-0.15, -0.1) is 0 Å². The third-order valence-electron chi connectivity index (χ3n) is 0. The molecule has 0 bridgehead atoms. The molecular weight excluding hydrogens is 411 g/mol. The van der Waals surface area contributed by atoms with E-state index in [-0.39, 0.29) is 154 Å². The standard InChI is InChI=1S/4BH3O3.BO3.3K/c5*2-1(3)4;;;/h4*2-4H;;;;/q;;;;-3;3*+1. The molecule has 0 saturated carbocycles. The van der Waals surface area contributed by atoms with E-state index in [1.54, 1.807) is 0 Å². The fourth-order valence-electron chi connectivity index (χ4n) is 0. The zero-order valence-electron chi connectivity index (χ0n) is 12.5. The Bertz CT molecular complexity index is 87.7. The van der Waals surface area contributed by atoms with Gasteiger partial charge in [0.2, 0.25) is 0 Å². The fraction of sp³-hybridized carbons (Fsp3) is 0. The minimum absolute atomic E-state index is 0. The van der Waals surface area contributed by atoms with Gasteiger partial charge in [0.25, 0.3) is 0 Å². The molecule has 23 heavy (non-hydrogen) atoms. The molecule has 0 aromatic rings. The van der Waals surface area contributed by atoms with Crippen molar-refractivity contribution in [2.45, 2.75) is 0 Å². The third kappa shape index (κ3) is 753. The third-order valence-corrected chi connectivity index (χ3v) is 0. The average molecular weight is 423 g/mol. The molecule has 0 aliphatic rings. The van der Waals surface area contributed by atoms with Crippen molar-refractivity contribution in [2.75, 3.05) is 0 Å². The maximum Gasteiger partial charge on any atom is 1.00 e. The van der Waals surface area contributed by atoms with Crippen LogP contribution in [-0.4, -0.2) is 96.9 Å². The topological polar surface area (TPSA) is 312 Å². The van der Waals surface area contributed by atoms with Crippen molar-refractivity contribution in [3.63, 3.8) is 0 Å². The van der Waals surface area contributed by atoms with Crippen LogP contribution in [0.5, 0.6) is 0 Å². The Labute approximate surface area is 260 Å². The van der Waals surface area contributed by atoms with E-state index in [4.69, 9.17) is 75.4 Å². The van der Waals surface area contributed by atoms with Crippen LogP contribution in [0.2, 0.25) is 0 Å². The molecule has 0 saturated heterocycles. The molecule has 12 N–H and O–H groups in total. The zero-order chi connectivity index (χ0) is 17.9. The minimum Gasteiger partial charge on any atom is -0.907 e. The van der Waals surface area contributed by atoms with Crippen molar-refractivity contribution in [1.29, 1.82) is 0 Å². The second kappa shape index (κ2) is 45.4. The summed E-state index contributed by atoms with van der Waals surface area (Å²) in [6.45, 7) is 0. The first-order valence-corrected chi connectivity index (χ1v) is 3.81. The molecule has 0 atom stereocenters. The van der Waals surface area contributed by atoms with Crippen molar-refractivity contribution < 1.29 is 230 Å². The molecule has 120 valence electrons. The van der Waals surface area contributed by atoms with Gasteiger partial charge < -0.3 is 75.4 Å². The van der Waals surface area contributed by atoms with E-state index in [0.717, 1.165) is 0 Å². The van der Waals surface area contributed by atoms with Crippen molar-refractivity contribution in [2.24, 2.45) is 0 Å². The summed E-state index contributed by atoms with van der Waals surface area (Å²) in [5.41, 5.74) is 0. The van der Waals surface area contributed by atoms with Crippen LogP contribution in [0.4, 0.5) is 0 Å². The molecule has 0 aromatic carbocycles.